The summed E-state index contributed by atoms with van der Waals surface area (Å²) >= 11 is 1.43. The van der Waals surface area contributed by atoms with E-state index in [1.54, 1.807) is 17.0 Å². The molecule has 26 heavy (non-hydrogen) atoms. The van der Waals surface area contributed by atoms with E-state index in [9.17, 15) is 19.5 Å². The summed E-state index contributed by atoms with van der Waals surface area (Å²) in [6.07, 6.45) is 0.495. The zero-order chi connectivity index (χ0) is 19.5. The van der Waals surface area contributed by atoms with Crippen molar-refractivity contribution in [2.75, 3.05) is 18.4 Å². The third-order valence-corrected chi connectivity index (χ3v) is 6.08. The molecule has 0 aliphatic carbocycles. The maximum Gasteiger partial charge on any atom is 0.311 e. The molecule has 1 aliphatic heterocycles. The Morgan fingerprint density at radius 3 is 2.27 bits per heavy atom. The van der Waals surface area contributed by atoms with E-state index in [0.29, 0.717) is 18.7 Å². The van der Waals surface area contributed by atoms with Gasteiger partial charge in [-0.15, -0.1) is 11.8 Å². The average Bonchev–Trinajstić information content (AvgIpc) is 3.02. The van der Waals surface area contributed by atoms with Gasteiger partial charge in [0, 0.05) is 30.6 Å². The Labute approximate surface area is 158 Å². The van der Waals surface area contributed by atoms with Crippen LogP contribution in [0.25, 0.3) is 0 Å². The minimum Gasteiger partial charge on any atom is -0.481 e. The maximum atomic E-state index is 12.8. The van der Waals surface area contributed by atoms with Crippen LogP contribution in [-0.4, -0.2) is 46.1 Å². The highest BCUT2D eigenvalue weighted by molar-refractivity contribution is 8.00. The topological polar surface area (TPSA) is 86.7 Å². The molecule has 7 heteroatoms. The quantitative estimate of drug-likeness (QED) is 0.743. The van der Waals surface area contributed by atoms with Crippen molar-refractivity contribution < 1.29 is 19.5 Å². The average molecular weight is 378 g/mol. The Balaban J connectivity index is 2.00. The molecule has 0 aromatic heterocycles. The maximum absolute atomic E-state index is 12.8. The molecule has 0 radical (unpaired) electrons. The number of aliphatic carboxylic acids is 1. The minimum absolute atomic E-state index is 0.0259. The second-order valence-electron chi connectivity index (χ2n) is 7.09. The highest BCUT2D eigenvalue weighted by Crippen LogP contribution is 2.39. The summed E-state index contributed by atoms with van der Waals surface area (Å²) in [6.45, 7) is 7.84. The standard InChI is InChI=1S/C19H26N2O4S/c1-12(2)19(18(24)25)9-10-21(11-19)17(23)13(3)26-16-7-5-15(6-8-16)20-14(4)22/h5-8,12-13H,9-11H2,1-4H3,(H,20,22)(H,24,25). The van der Waals surface area contributed by atoms with Crippen molar-refractivity contribution >= 4 is 35.2 Å². The van der Waals surface area contributed by atoms with Crippen molar-refractivity contribution in [1.82, 2.24) is 4.90 Å². The molecule has 1 aliphatic rings. The number of carboxylic acids is 1. The molecule has 0 saturated carbocycles. The van der Waals surface area contributed by atoms with Gasteiger partial charge in [0.05, 0.1) is 10.7 Å². The van der Waals surface area contributed by atoms with Crippen LogP contribution in [-0.2, 0) is 14.4 Å². The molecule has 2 unspecified atom stereocenters. The van der Waals surface area contributed by atoms with Crippen molar-refractivity contribution in [3.8, 4) is 0 Å². The van der Waals surface area contributed by atoms with E-state index in [0.717, 1.165) is 4.90 Å². The number of nitrogens with one attached hydrogen (secondary N) is 1. The fraction of sp³-hybridized carbons (Fsp3) is 0.526. The van der Waals surface area contributed by atoms with Crippen LogP contribution in [0.5, 0.6) is 0 Å². The van der Waals surface area contributed by atoms with Crippen LogP contribution in [0, 0.1) is 11.3 Å². The molecule has 1 aromatic rings. The van der Waals surface area contributed by atoms with Gasteiger partial charge in [0.25, 0.3) is 0 Å². The van der Waals surface area contributed by atoms with E-state index in [1.165, 1.54) is 18.7 Å². The van der Waals surface area contributed by atoms with Crippen molar-refractivity contribution in [1.29, 1.82) is 0 Å². The monoisotopic (exact) mass is 378 g/mol. The van der Waals surface area contributed by atoms with E-state index in [1.807, 2.05) is 32.9 Å². The number of carbonyl (C=O) groups is 3. The van der Waals surface area contributed by atoms with Crippen LogP contribution in [0.3, 0.4) is 0 Å². The van der Waals surface area contributed by atoms with Crippen LogP contribution in [0.4, 0.5) is 5.69 Å². The minimum atomic E-state index is -0.847. The number of amides is 2. The van der Waals surface area contributed by atoms with Gasteiger partial charge in [0.15, 0.2) is 0 Å². The molecule has 6 nitrogen and oxygen atoms in total. The Hall–Kier alpha value is -2.02. The molecular formula is C19H26N2O4S. The lowest BCUT2D eigenvalue weighted by molar-refractivity contribution is -0.151. The fourth-order valence-electron chi connectivity index (χ4n) is 3.25. The zero-order valence-corrected chi connectivity index (χ0v) is 16.4. The summed E-state index contributed by atoms with van der Waals surface area (Å²) in [5.74, 6) is -1.02. The van der Waals surface area contributed by atoms with E-state index >= 15 is 0 Å². The Morgan fingerprint density at radius 2 is 1.81 bits per heavy atom. The Bertz CT molecular complexity index is 689. The second-order valence-corrected chi connectivity index (χ2v) is 8.51. The summed E-state index contributed by atoms with van der Waals surface area (Å²) in [4.78, 5) is 38.1. The van der Waals surface area contributed by atoms with Gasteiger partial charge in [-0.1, -0.05) is 13.8 Å². The lowest BCUT2D eigenvalue weighted by atomic mass is 9.76. The van der Waals surface area contributed by atoms with Crippen LogP contribution >= 0.6 is 11.8 Å². The van der Waals surface area contributed by atoms with Crippen molar-refractivity contribution in [2.24, 2.45) is 11.3 Å². The van der Waals surface area contributed by atoms with Gasteiger partial charge in [-0.2, -0.15) is 0 Å². The van der Waals surface area contributed by atoms with Gasteiger partial charge in [-0.05, 0) is 43.5 Å². The van der Waals surface area contributed by atoms with E-state index in [4.69, 9.17) is 0 Å². The summed E-state index contributed by atoms with van der Waals surface area (Å²) in [6, 6.07) is 7.31. The zero-order valence-electron chi connectivity index (χ0n) is 15.6. The normalized spacial score (nSPS) is 20.9. The summed E-state index contributed by atoms with van der Waals surface area (Å²) in [5.41, 5.74) is -0.136. The first-order valence-corrected chi connectivity index (χ1v) is 9.60. The first-order chi connectivity index (χ1) is 12.2. The largest absolute Gasteiger partial charge is 0.481 e. The number of benzene rings is 1. The van der Waals surface area contributed by atoms with Gasteiger partial charge in [0.2, 0.25) is 11.8 Å². The highest BCUT2D eigenvalue weighted by atomic mass is 32.2. The van der Waals surface area contributed by atoms with E-state index < -0.39 is 11.4 Å². The predicted octanol–water partition coefficient (Wildman–Crippen LogP) is 3.08. The molecule has 0 bridgehead atoms. The molecule has 1 saturated heterocycles. The summed E-state index contributed by atoms with van der Waals surface area (Å²) in [7, 11) is 0. The molecule has 1 fully saturated rings. The number of hydrogen-bond acceptors (Lipinski definition) is 4. The molecule has 2 amide bonds. The van der Waals surface area contributed by atoms with Gasteiger partial charge in [-0.25, -0.2) is 0 Å². The lowest BCUT2D eigenvalue weighted by Gasteiger charge is -2.29. The SMILES string of the molecule is CC(=O)Nc1ccc(SC(C)C(=O)N2CCC(C(=O)O)(C(C)C)C2)cc1. The molecular weight excluding hydrogens is 352 g/mol. The number of hydrogen-bond donors (Lipinski definition) is 2. The van der Waals surface area contributed by atoms with Crippen molar-refractivity contribution in [3.05, 3.63) is 24.3 Å². The molecule has 142 valence electrons. The third-order valence-electron chi connectivity index (χ3n) is 4.98. The van der Waals surface area contributed by atoms with Crippen LogP contribution < -0.4 is 5.32 Å². The summed E-state index contributed by atoms with van der Waals surface area (Å²) < 4.78 is 0. The number of carboxylic acid groups (broad SMARTS) is 1. The lowest BCUT2D eigenvalue weighted by Crippen LogP contribution is -2.42. The molecule has 2 atom stereocenters. The van der Waals surface area contributed by atoms with Gasteiger partial charge in [-0.3, -0.25) is 14.4 Å². The van der Waals surface area contributed by atoms with E-state index in [-0.39, 0.29) is 29.5 Å². The number of nitrogens with zero attached hydrogens (tertiary/aromatic N) is 1. The number of thioether (sulfide) groups is 1. The van der Waals surface area contributed by atoms with Gasteiger partial charge in [0.1, 0.15) is 0 Å². The second kappa shape index (κ2) is 8.12. The molecule has 0 spiro atoms. The van der Waals surface area contributed by atoms with Crippen molar-refractivity contribution in [3.63, 3.8) is 0 Å². The van der Waals surface area contributed by atoms with Crippen LogP contribution in [0.15, 0.2) is 29.2 Å². The summed E-state index contributed by atoms with van der Waals surface area (Å²) in [5, 5.41) is 12.0. The van der Waals surface area contributed by atoms with Crippen LogP contribution in [0.1, 0.15) is 34.1 Å². The number of rotatable bonds is 6. The fourth-order valence-corrected chi connectivity index (χ4v) is 4.20. The molecule has 1 aromatic carbocycles. The van der Waals surface area contributed by atoms with Crippen molar-refractivity contribution in [2.45, 2.75) is 44.3 Å². The number of likely N-dealkylation sites (tertiary alicyclic amines) is 1. The van der Waals surface area contributed by atoms with E-state index in [2.05, 4.69) is 5.32 Å². The van der Waals surface area contributed by atoms with Crippen LogP contribution in [0.2, 0.25) is 0 Å². The number of carbonyl (C=O) groups excluding carboxylic acids is 2. The number of anilines is 1. The van der Waals surface area contributed by atoms with Gasteiger partial charge < -0.3 is 15.3 Å². The molecule has 2 N–H and O–H groups in total. The van der Waals surface area contributed by atoms with Gasteiger partial charge >= 0.3 is 5.97 Å². The molecule has 2 rings (SSSR count). The highest BCUT2D eigenvalue weighted by Gasteiger charge is 2.48. The smallest absolute Gasteiger partial charge is 0.311 e. The Morgan fingerprint density at radius 1 is 1.19 bits per heavy atom. The first kappa shape index (κ1) is 20.3. The third kappa shape index (κ3) is 4.38. The first-order valence-electron chi connectivity index (χ1n) is 8.72. The Kier molecular flexibility index (Phi) is 6.34. The molecule has 1 heterocycles. The predicted molar refractivity (Wildman–Crippen MR) is 102 cm³/mol.